The van der Waals surface area contributed by atoms with Crippen LogP contribution in [0.5, 0.6) is 0 Å². The number of hydrogen-bond donors (Lipinski definition) is 1. The number of aromatic nitrogens is 2. The lowest BCUT2D eigenvalue weighted by molar-refractivity contribution is 0.0833. The summed E-state index contributed by atoms with van der Waals surface area (Å²) >= 11 is 0. The fourth-order valence-electron chi connectivity index (χ4n) is 2.05. The standard InChI is InChI=1S/C15H21N3O2/c1-3-8-12(16)15-17-14(18-20-15)13(19-4-2)11-9-6-5-7-10-11/h5-7,9-10,12-13H,3-4,8,16H2,1-2H3. The molecule has 0 aliphatic heterocycles. The van der Waals surface area contributed by atoms with Crippen LogP contribution in [0.25, 0.3) is 0 Å². The van der Waals surface area contributed by atoms with Gasteiger partial charge in [0.15, 0.2) is 0 Å². The van der Waals surface area contributed by atoms with Gasteiger partial charge in [-0.2, -0.15) is 4.98 Å². The van der Waals surface area contributed by atoms with E-state index in [2.05, 4.69) is 17.1 Å². The predicted octanol–water partition coefficient (Wildman–Crippen LogP) is 3.00. The highest BCUT2D eigenvalue weighted by atomic mass is 16.5. The van der Waals surface area contributed by atoms with E-state index in [1.165, 1.54) is 0 Å². The maximum absolute atomic E-state index is 5.99. The Morgan fingerprint density at radius 3 is 2.65 bits per heavy atom. The van der Waals surface area contributed by atoms with Gasteiger partial charge < -0.3 is 15.0 Å². The third-order valence-corrected chi connectivity index (χ3v) is 3.04. The summed E-state index contributed by atoms with van der Waals surface area (Å²) in [6, 6.07) is 9.66. The molecule has 2 N–H and O–H groups in total. The smallest absolute Gasteiger partial charge is 0.243 e. The first-order chi connectivity index (χ1) is 9.76. The summed E-state index contributed by atoms with van der Waals surface area (Å²) in [5, 5.41) is 4.02. The van der Waals surface area contributed by atoms with Gasteiger partial charge in [0, 0.05) is 6.61 Å². The van der Waals surface area contributed by atoms with Crippen LogP contribution in [0.1, 0.15) is 56.1 Å². The molecule has 0 saturated heterocycles. The van der Waals surface area contributed by atoms with Crippen LogP contribution in [0.3, 0.4) is 0 Å². The Morgan fingerprint density at radius 2 is 2.00 bits per heavy atom. The largest absolute Gasteiger partial charge is 0.366 e. The van der Waals surface area contributed by atoms with E-state index in [0.29, 0.717) is 18.3 Å². The Labute approximate surface area is 119 Å². The van der Waals surface area contributed by atoms with Crippen molar-refractivity contribution in [1.82, 2.24) is 10.1 Å². The third-order valence-electron chi connectivity index (χ3n) is 3.04. The van der Waals surface area contributed by atoms with Crippen LogP contribution in [0.15, 0.2) is 34.9 Å². The van der Waals surface area contributed by atoms with Gasteiger partial charge in [0.25, 0.3) is 0 Å². The van der Waals surface area contributed by atoms with E-state index in [1.54, 1.807) is 0 Å². The Hall–Kier alpha value is -1.72. The molecule has 0 radical (unpaired) electrons. The zero-order valence-corrected chi connectivity index (χ0v) is 12.0. The molecule has 2 atom stereocenters. The molecule has 1 aromatic heterocycles. The summed E-state index contributed by atoms with van der Waals surface area (Å²) in [5.41, 5.74) is 7.00. The van der Waals surface area contributed by atoms with Crippen molar-refractivity contribution in [1.29, 1.82) is 0 Å². The van der Waals surface area contributed by atoms with Gasteiger partial charge in [-0.05, 0) is 18.9 Å². The quantitative estimate of drug-likeness (QED) is 0.840. The molecule has 1 heterocycles. The lowest BCUT2D eigenvalue weighted by Gasteiger charge is -2.13. The molecule has 0 amide bonds. The molecule has 0 saturated carbocycles. The van der Waals surface area contributed by atoms with Gasteiger partial charge in [-0.25, -0.2) is 0 Å². The molecule has 2 rings (SSSR count). The average Bonchev–Trinajstić information content (AvgIpc) is 2.95. The average molecular weight is 275 g/mol. The van der Waals surface area contributed by atoms with Crippen molar-refractivity contribution in [2.45, 2.75) is 38.8 Å². The van der Waals surface area contributed by atoms with Gasteiger partial charge in [0.2, 0.25) is 11.7 Å². The SMILES string of the molecule is CCCC(N)c1nc(C(OCC)c2ccccc2)no1. The predicted molar refractivity (Wildman–Crippen MR) is 76.0 cm³/mol. The number of rotatable bonds is 7. The molecular formula is C15H21N3O2. The minimum absolute atomic E-state index is 0.209. The Bertz CT molecular complexity index is 513. The van der Waals surface area contributed by atoms with Crippen LogP contribution in [-0.4, -0.2) is 16.7 Å². The first-order valence-corrected chi connectivity index (χ1v) is 7.01. The van der Waals surface area contributed by atoms with Gasteiger partial charge in [-0.3, -0.25) is 0 Å². The first-order valence-electron chi connectivity index (χ1n) is 7.01. The minimum atomic E-state index is -0.312. The summed E-state index contributed by atoms with van der Waals surface area (Å²) in [4.78, 5) is 4.40. The monoisotopic (exact) mass is 275 g/mol. The summed E-state index contributed by atoms with van der Waals surface area (Å²) in [6.45, 7) is 4.59. The van der Waals surface area contributed by atoms with Crippen molar-refractivity contribution < 1.29 is 9.26 Å². The highest BCUT2D eigenvalue weighted by molar-refractivity contribution is 5.22. The van der Waals surface area contributed by atoms with Gasteiger partial charge >= 0.3 is 0 Å². The van der Waals surface area contributed by atoms with E-state index in [4.69, 9.17) is 15.0 Å². The molecule has 108 valence electrons. The van der Waals surface area contributed by atoms with Crippen LogP contribution in [0.2, 0.25) is 0 Å². The van der Waals surface area contributed by atoms with Gasteiger partial charge in [-0.1, -0.05) is 48.8 Å². The van der Waals surface area contributed by atoms with Crippen LogP contribution in [0.4, 0.5) is 0 Å². The molecular weight excluding hydrogens is 254 g/mol. The molecule has 5 nitrogen and oxygen atoms in total. The Kier molecular flexibility index (Phi) is 5.26. The molecule has 1 aromatic carbocycles. The van der Waals surface area contributed by atoms with Gasteiger partial charge in [-0.15, -0.1) is 0 Å². The van der Waals surface area contributed by atoms with Crippen molar-refractivity contribution in [3.8, 4) is 0 Å². The zero-order valence-electron chi connectivity index (χ0n) is 12.0. The van der Waals surface area contributed by atoms with Gasteiger partial charge in [0.05, 0.1) is 6.04 Å². The fraction of sp³-hybridized carbons (Fsp3) is 0.467. The maximum Gasteiger partial charge on any atom is 0.243 e. The number of nitrogens with two attached hydrogens (primary N) is 1. The molecule has 5 heteroatoms. The normalized spacial score (nSPS) is 14.2. The molecule has 0 aliphatic carbocycles. The van der Waals surface area contributed by atoms with Crippen LogP contribution >= 0.6 is 0 Å². The lowest BCUT2D eigenvalue weighted by Crippen LogP contribution is -2.11. The minimum Gasteiger partial charge on any atom is -0.366 e. The van der Waals surface area contributed by atoms with Crippen molar-refractivity contribution in [3.05, 3.63) is 47.6 Å². The maximum atomic E-state index is 5.99. The second-order valence-electron chi connectivity index (χ2n) is 4.63. The van der Waals surface area contributed by atoms with E-state index >= 15 is 0 Å². The highest BCUT2D eigenvalue weighted by Gasteiger charge is 2.22. The number of ether oxygens (including phenoxy) is 1. The number of nitrogens with zero attached hydrogens (tertiary/aromatic N) is 2. The Morgan fingerprint density at radius 1 is 1.25 bits per heavy atom. The summed E-state index contributed by atoms with van der Waals surface area (Å²) < 4.78 is 11.0. The molecule has 0 bridgehead atoms. The van der Waals surface area contributed by atoms with Crippen molar-refractivity contribution in [2.75, 3.05) is 6.61 Å². The summed E-state index contributed by atoms with van der Waals surface area (Å²) in [7, 11) is 0. The molecule has 0 spiro atoms. The van der Waals surface area contributed by atoms with E-state index in [1.807, 2.05) is 37.3 Å². The third kappa shape index (κ3) is 3.43. The number of hydrogen-bond acceptors (Lipinski definition) is 5. The number of benzene rings is 1. The van der Waals surface area contributed by atoms with E-state index in [9.17, 15) is 0 Å². The van der Waals surface area contributed by atoms with Crippen molar-refractivity contribution in [3.63, 3.8) is 0 Å². The molecule has 20 heavy (non-hydrogen) atoms. The van der Waals surface area contributed by atoms with E-state index in [-0.39, 0.29) is 12.1 Å². The topological polar surface area (TPSA) is 74.2 Å². The van der Waals surface area contributed by atoms with E-state index in [0.717, 1.165) is 18.4 Å². The Balaban J connectivity index is 2.22. The summed E-state index contributed by atoms with van der Waals surface area (Å²) in [6.07, 6.45) is 1.49. The van der Waals surface area contributed by atoms with Gasteiger partial charge in [0.1, 0.15) is 6.10 Å². The zero-order chi connectivity index (χ0) is 14.4. The summed E-state index contributed by atoms with van der Waals surface area (Å²) in [5.74, 6) is 1.00. The lowest BCUT2D eigenvalue weighted by atomic mass is 10.1. The second-order valence-corrected chi connectivity index (χ2v) is 4.63. The second kappa shape index (κ2) is 7.17. The highest BCUT2D eigenvalue weighted by Crippen LogP contribution is 2.25. The first kappa shape index (κ1) is 14.7. The molecule has 2 aromatic rings. The van der Waals surface area contributed by atoms with Crippen molar-refractivity contribution >= 4 is 0 Å². The molecule has 0 fully saturated rings. The van der Waals surface area contributed by atoms with Crippen LogP contribution in [-0.2, 0) is 4.74 Å². The molecule has 0 aliphatic rings. The fourth-order valence-corrected chi connectivity index (χ4v) is 2.05. The molecule has 2 unspecified atom stereocenters. The van der Waals surface area contributed by atoms with Crippen molar-refractivity contribution in [2.24, 2.45) is 5.73 Å². The van der Waals surface area contributed by atoms with Crippen LogP contribution in [0, 0.1) is 0 Å². The van der Waals surface area contributed by atoms with E-state index < -0.39 is 0 Å². The van der Waals surface area contributed by atoms with Crippen LogP contribution < -0.4 is 5.73 Å².